The lowest BCUT2D eigenvalue weighted by molar-refractivity contribution is -0.128. The van der Waals surface area contributed by atoms with Crippen molar-refractivity contribution >= 4 is 24.2 Å². The number of nitrogens with one attached hydrogen (secondary N) is 2. The molecule has 0 radical (unpaired) electrons. The normalized spacial score (nSPS) is 20.9. The molecule has 2 heterocycles. The van der Waals surface area contributed by atoms with E-state index in [0.717, 1.165) is 37.2 Å². The Morgan fingerprint density at radius 2 is 2.07 bits per heavy atom. The standard InChI is InChI=1S/C21H31N3O2.ClH/c1-16(17-8-4-10-22-13-17)12-20(25)23-14-18-6-2-3-7-19(18)15-24-11-5-9-21(24)26;/h2-3,6-7,16-17,22H,4-5,8-15H2,1H3,(H,23,25);1H. The van der Waals surface area contributed by atoms with Crippen molar-refractivity contribution in [2.24, 2.45) is 11.8 Å². The highest BCUT2D eigenvalue weighted by atomic mass is 35.5. The Hall–Kier alpha value is -1.59. The molecule has 0 spiro atoms. The molecule has 2 aliphatic rings. The number of halogens is 1. The maximum Gasteiger partial charge on any atom is 0.222 e. The molecular weight excluding hydrogens is 362 g/mol. The first-order chi connectivity index (χ1) is 12.6. The van der Waals surface area contributed by atoms with Crippen LogP contribution in [-0.4, -0.2) is 36.3 Å². The smallest absolute Gasteiger partial charge is 0.222 e. The third-order valence-electron chi connectivity index (χ3n) is 5.77. The summed E-state index contributed by atoms with van der Waals surface area (Å²) >= 11 is 0. The molecule has 2 fully saturated rings. The van der Waals surface area contributed by atoms with Gasteiger partial charge in [-0.2, -0.15) is 0 Å². The van der Waals surface area contributed by atoms with Gasteiger partial charge in [0.15, 0.2) is 0 Å². The van der Waals surface area contributed by atoms with E-state index in [1.165, 1.54) is 12.8 Å². The first-order valence-electron chi connectivity index (χ1n) is 9.95. The third-order valence-corrected chi connectivity index (χ3v) is 5.77. The number of hydrogen-bond acceptors (Lipinski definition) is 3. The minimum Gasteiger partial charge on any atom is -0.352 e. The van der Waals surface area contributed by atoms with Crippen molar-refractivity contribution in [1.82, 2.24) is 15.5 Å². The van der Waals surface area contributed by atoms with Crippen LogP contribution >= 0.6 is 12.4 Å². The minimum absolute atomic E-state index is 0. The van der Waals surface area contributed by atoms with Crippen molar-refractivity contribution in [2.45, 2.75) is 52.1 Å². The van der Waals surface area contributed by atoms with Gasteiger partial charge in [0.1, 0.15) is 0 Å². The van der Waals surface area contributed by atoms with Crippen molar-refractivity contribution in [3.63, 3.8) is 0 Å². The van der Waals surface area contributed by atoms with Gasteiger partial charge in [0, 0.05) is 32.5 Å². The first-order valence-corrected chi connectivity index (χ1v) is 9.95. The molecule has 2 N–H and O–H groups in total. The van der Waals surface area contributed by atoms with Gasteiger partial charge in [-0.25, -0.2) is 0 Å². The quantitative estimate of drug-likeness (QED) is 0.748. The van der Waals surface area contributed by atoms with Crippen LogP contribution < -0.4 is 10.6 Å². The second-order valence-electron chi connectivity index (χ2n) is 7.75. The fourth-order valence-corrected chi connectivity index (χ4v) is 4.05. The van der Waals surface area contributed by atoms with Crippen LogP contribution in [0.1, 0.15) is 50.2 Å². The van der Waals surface area contributed by atoms with Crippen LogP contribution in [-0.2, 0) is 22.7 Å². The molecule has 0 saturated carbocycles. The molecule has 5 nitrogen and oxygen atoms in total. The van der Waals surface area contributed by atoms with E-state index < -0.39 is 0 Å². The molecule has 1 aromatic carbocycles. The van der Waals surface area contributed by atoms with Gasteiger partial charge in [-0.1, -0.05) is 31.2 Å². The van der Waals surface area contributed by atoms with Gasteiger partial charge in [-0.05, 0) is 55.3 Å². The number of carbonyl (C=O) groups is 2. The summed E-state index contributed by atoms with van der Waals surface area (Å²) in [6, 6.07) is 8.10. The summed E-state index contributed by atoms with van der Waals surface area (Å²) in [5.41, 5.74) is 2.24. The summed E-state index contributed by atoms with van der Waals surface area (Å²) in [5, 5.41) is 6.51. The van der Waals surface area contributed by atoms with E-state index in [1.807, 2.05) is 23.1 Å². The van der Waals surface area contributed by atoms with Crippen LogP contribution in [0.3, 0.4) is 0 Å². The molecule has 27 heavy (non-hydrogen) atoms. The van der Waals surface area contributed by atoms with Gasteiger partial charge in [-0.3, -0.25) is 9.59 Å². The number of piperidine rings is 1. The summed E-state index contributed by atoms with van der Waals surface area (Å²) in [4.78, 5) is 26.2. The summed E-state index contributed by atoms with van der Waals surface area (Å²) in [5.74, 6) is 1.36. The molecule has 3 rings (SSSR count). The molecule has 2 atom stereocenters. The third kappa shape index (κ3) is 6.22. The number of benzene rings is 1. The van der Waals surface area contributed by atoms with Gasteiger partial charge in [0.25, 0.3) is 0 Å². The summed E-state index contributed by atoms with van der Waals surface area (Å²) in [6.07, 6.45) is 4.62. The van der Waals surface area contributed by atoms with Crippen LogP contribution in [0.25, 0.3) is 0 Å². The lowest BCUT2D eigenvalue weighted by Gasteiger charge is -2.28. The predicted octanol–water partition coefficient (Wildman–Crippen LogP) is 2.87. The summed E-state index contributed by atoms with van der Waals surface area (Å²) < 4.78 is 0. The first kappa shape index (κ1) is 21.7. The lowest BCUT2D eigenvalue weighted by Crippen LogP contribution is -2.35. The molecule has 0 bridgehead atoms. The van der Waals surface area contributed by atoms with E-state index in [0.29, 0.717) is 37.8 Å². The summed E-state index contributed by atoms with van der Waals surface area (Å²) in [7, 11) is 0. The highest BCUT2D eigenvalue weighted by Gasteiger charge is 2.23. The van der Waals surface area contributed by atoms with Crippen molar-refractivity contribution < 1.29 is 9.59 Å². The molecule has 6 heteroatoms. The molecule has 150 valence electrons. The molecule has 2 amide bonds. The molecule has 2 aliphatic heterocycles. The number of hydrogen-bond donors (Lipinski definition) is 2. The Morgan fingerprint density at radius 3 is 2.74 bits per heavy atom. The Bertz CT molecular complexity index is 632. The topological polar surface area (TPSA) is 61.4 Å². The highest BCUT2D eigenvalue weighted by molar-refractivity contribution is 5.85. The Morgan fingerprint density at radius 1 is 1.30 bits per heavy atom. The van der Waals surface area contributed by atoms with Gasteiger partial charge in [0.2, 0.25) is 11.8 Å². The van der Waals surface area contributed by atoms with Gasteiger partial charge < -0.3 is 15.5 Å². The van der Waals surface area contributed by atoms with Crippen LogP contribution in [0.5, 0.6) is 0 Å². The molecule has 0 aromatic heterocycles. The molecular formula is C21H32ClN3O2. The fraction of sp³-hybridized carbons (Fsp3) is 0.619. The van der Waals surface area contributed by atoms with Crippen molar-refractivity contribution in [1.29, 1.82) is 0 Å². The van der Waals surface area contributed by atoms with Crippen LogP contribution in [0.4, 0.5) is 0 Å². The predicted molar refractivity (Wildman–Crippen MR) is 110 cm³/mol. The summed E-state index contributed by atoms with van der Waals surface area (Å²) in [6.45, 7) is 6.34. The van der Waals surface area contributed by atoms with E-state index in [9.17, 15) is 9.59 Å². The second kappa shape index (κ2) is 10.7. The van der Waals surface area contributed by atoms with Crippen molar-refractivity contribution in [2.75, 3.05) is 19.6 Å². The van der Waals surface area contributed by atoms with Crippen molar-refractivity contribution in [3.8, 4) is 0 Å². The van der Waals surface area contributed by atoms with Crippen LogP contribution in [0, 0.1) is 11.8 Å². The zero-order valence-electron chi connectivity index (χ0n) is 16.2. The van der Waals surface area contributed by atoms with E-state index in [1.54, 1.807) is 0 Å². The lowest BCUT2D eigenvalue weighted by atomic mass is 9.85. The highest BCUT2D eigenvalue weighted by Crippen LogP contribution is 2.22. The number of nitrogens with zero attached hydrogens (tertiary/aromatic N) is 1. The Kier molecular flexibility index (Phi) is 8.58. The Balaban J connectivity index is 0.00000261. The minimum atomic E-state index is 0. The van der Waals surface area contributed by atoms with Gasteiger partial charge in [0.05, 0.1) is 0 Å². The SMILES string of the molecule is CC(CC(=O)NCc1ccccc1CN1CCCC1=O)C1CCCNC1.Cl. The van der Waals surface area contributed by atoms with Gasteiger partial charge >= 0.3 is 0 Å². The second-order valence-corrected chi connectivity index (χ2v) is 7.75. The zero-order chi connectivity index (χ0) is 18.4. The number of carbonyl (C=O) groups excluding carboxylic acids is 2. The molecule has 2 saturated heterocycles. The zero-order valence-corrected chi connectivity index (χ0v) is 17.0. The van der Waals surface area contributed by atoms with Crippen LogP contribution in [0.15, 0.2) is 24.3 Å². The van der Waals surface area contributed by atoms with Crippen LogP contribution in [0.2, 0.25) is 0 Å². The monoisotopic (exact) mass is 393 g/mol. The molecule has 1 aromatic rings. The van der Waals surface area contributed by atoms with Gasteiger partial charge in [-0.15, -0.1) is 12.4 Å². The van der Waals surface area contributed by atoms with E-state index >= 15 is 0 Å². The number of rotatable bonds is 7. The average molecular weight is 394 g/mol. The Labute approximate surface area is 168 Å². The number of likely N-dealkylation sites (tertiary alicyclic amines) is 1. The fourth-order valence-electron chi connectivity index (χ4n) is 4.05. The number of amides is 2. The van der Waals surface area contributed by atoms with Crippen molar-refractivity contribution in [3.05, 3.63) is 35.4 Å². The largest absolute Gasteiger partial charge is 0.352 e. The molecule has 0 aliphatic carbocycles. The average Bonchev–Trinajstić information content (AvgIpc) is 3.06. The van der Waals surface area contributed by atoms with E-state index in [2.05, 4.69) is 23.6 Å². The van der Waals surface area contributed by atoms with E-state index in [4.69, 9.17) is 0 Å². The maximum absolute atomic E-state index is 12.4. The maximum atomic E-state index is 12.4. The molecule has 2 unspecified atom stereocenters. The van der Waals surface area contributed by atoms with E-state index in [-0.39, 0.29) is 24.2 Å².